The number of halogens is 2. The first-order valence-corrected chi connectivity index (χ1v) is 8.72. The normalized spacial score (nSPS) is 10.3. The summed E-state index contributed by atoms with van der Waals surface area (Å²) in [6, 6.07) is 6.36. The number of nitrogen functional groups attached to an aromatic ring is 1. The average Bonchev–Trinajstić information content (AvgIpc) is 2.84. The van der Waals surface area contributed by atoms with E-state index in [1.54, 1.807) is 13.0 Å². The molecule has 0 radical (unpaired) electrons. The quantitative estimate of drug-likeness (QED) is 0.621. The molecule has 0 spiro atoms. The molecule has 8 heteroatoms. The molecule has 0 aliphatic rings. The highest BCUT2D eigenvalue weighted by molar-refractivity contribution is 7.98. The monoisotopic (exact) mass is 370 g/mol. The molecule has 2 aromatic rings. The largest absolute Gasteiger partial charge is 0.462 e. The summed E-state index contributed by atoms with van der Waals surface area (Å²) in [4.78, 5) is 13.0. The van der Waals surface area contributed by atoms with Gasteiger partial charge in [-0.2, -0.15) is 5.26 Å². The maximum absolute atomic E-state index is 13.2. The number of ether oxygens (including phenoxy) is 1. The first kappa shape index (κ1) is 17.6. The second-order valence-corrected chi connectivity index (χ2v) is 6.85. The van der Waals surface area contributed by atoms with E-state index in [0.29, 0.717) is 16.2 Å². The summed E-state index contributed by atoms with van der Waals surface area (Å²) in [6.07, 6.45) is 0. The number of benzene rings is 1. The fourth-order valence-electron chi connectivity index (χ4n) is 1.83. The van der Waals surface area contributed by atoms with Gasteiger partial charge in [-0.05, 0) is 25.1 Å². The molecule has 0 aliphatic heterocycles. The maximum Gasteiger partial charge on any atom is 0.348 e. The van der Waals surface area contributed by atoms with Gasteiger partial charge >= 0.3 is 5.97 Å². The number of nitrogens with zero attached hydrogens (tertiary/aromatic N) is 1. The Labute approximate surface area is 146 Å². The van der Waals surface area contributed by atoms with Crippen LogP contribution in [0, 0.1) is 17.1 Å². The first-order valence-electron chi connectivity index (χ1n) is 6.54. The summed E-state index contributed by atoms with van der Waals surface area (Å²) >= 11 is 8.11. The third-order valence-corrected chi connectivity index (χ3v) is 5.23. The van der Waals surface area contributed by atoms with Crippen molar-refractivity contribution in [2.75, 3.05) is 12.3 Å². The molecule has 23 heavy (non-hydrogen) atoms. The number of esters is 1. The van der Waals surface area contributed by atoms with Crippen molar-refractivity contribution in [2.45, 2.75) is 17.6 Å². The second kappa shape index (κ2) is 7.68. The van der Waals surface area contributed by atoms with Gasteiger partial charge in [0.25, 0.3) is 0 Å². The zero-order valence-electron chi connectivity index (χ0n) is 12.1. The summed E-state index contributed by atoms with van der Waals surface area (Å²) in [5.41, 5.74) is 6.61. The lowest BCUT2D eigenvalue weighted by molar-refractivity contribution is 0.0531. The molecule has 0 unspecified atom stereocenters. The Morgan fingerprint density at radius 1 is 1.57 bits per heavy atom. The molecule has 0 saturated carbocycles. The van der Waals surface area contributed by atoms with Gasteiger partial charge in [0.2, 0.25) is 0 Å². The van der Waals surface area contributed by atoms with Crippen molar-refractivity contribution in [2.24, 2.45) is 0 Å². The number of carbonyl (C=O) groups excluding carboxylic acids is 1. The van der Waals surface area contributed by atoms with E-state index in [1.165, 1.54) is 23.9 Å². The third-order valence-electron chi connectivity index (χ3n) is 2.88. The first-order chi connectivity index (χ1) is 11.0. The highest BCUT2D eigenvalue weighted by Crippen LogP contribution is 2.36. The number of carbonyl (C=O) groups is 1. The Balaban J connectivity index is 2.29. The van der Waals surface area contributed by atoms with Crippen molar-refractivity contribution in [3.63, 3.8) is 0 Å². The molecule has 0 saturated heterocycles. The molecule has 0 fully saturated rings. The highest BCUT2D eigenvalue weighted by Gasteiger charge is 2.22. The zero-order valence-corrected chi connectivity index (χ0v) is 14.4. The van der Waals surface area contributed by atoms with Crippen LogP contribution in [-0.2, 0) is 10.5 Å². The van der Waals surface area contributed by atoms with Crippen LogP contribution in [0.3, 0.4) is 0 Å². The Morgan fingerprint density at radius 3 is 2.91 bits per heavy atom. The maximum atomic E-state index is 13.2. The summed E-state index contributed by atoms with van der Waals surface area (Å²) in [5, 5.41) is 9.55. The number of hydrogen-bond donors (Lipinski definition) is 1. The van der Waals surface area contributed by atoms with Crippen LogP contribution in [0.4, 0.5) is 9.39 Å². The molecule has 0 aliphatic carbocycles. The summed E-state index contributed by atoms with van der Waals surface area (Å²) < 4.78 is 18.2. The molecule has 1 aromatic carbocycles. The van der Waals surface area contributed by atoms with Gasteiger partial charge in [-0.25, -0.2) is 9.18 Å². The van der Waals surface area contributed by atoms with Crippen LogP contribution >= 0.6 is 34.7 Å². The lowest BCUT2D eigenvalue weighted by atomic mass is 10.2. The minimum absolute atomic E-state index is 0.0194. The van der Waals surface area contributed by atoms with Crippen molar-refractivity contribution < 1.29 is 13.9 Å². The van der Waals surface area contributed by atoms with Gasteiger partial charge in [0, 0.05) is 16.2 Å². The number of rotatable bonds is 5. The van der Waals surface area contributed by atoms with E-state index in [2.05, 4.69) is 0 Å². The van der Waals surface area contributed by atoms with Crippen LogP contribution in [0.25, 0.3) is 0 Å². The molecule has 4 nitrogen and oxygen atoms in total. The van der Waals surface area contributed by atoms with Crippen molar-refractivity contribution in [3.05, 3.63) is 45.0 Å². The van der Waals surface area contributed by atoms with Gasteiger partial charge in [0.05, 0.1) is 17.2 Å². The Bertz CT molecular complexity index is 787. The molecule has 2 rings (SSSR count). The minimum Gasteiger partial charge on any atom is -0.462 e. The Hall–Kier alpha value is -1.75. The van der Waals surface area contributed by atoms with Gasteiger partial charge in [-0.15, -0.1) is 23.1 Å². The van der Waals surface area contributed by atoms with Crippen LogP contribution in [-0.4, -0.2) is 12.6 Å². The summed E-state index contributed by atoms with van der Waals surface area (Å²) in [5.74, 6) is -0.675. The van der Waals surface area contributed by atoms with Gasteiger partial charge in [-0.3, -0.25) is 0 Å². The molecule has 2 N–H and O–H groups in total. The highest BCUT2D eigenvalue weighted by atomic mass is 35.5. The van der Waals surface area contributed by atoms with E-state index in [1.807, 2.05) is 6.07 Å². The van der Waals surface area contributed by atoms with Crippen LogP contribution in [0.5, 0.6) is 0 Å². The van der Waals surface area contributed by atoms with E-state index in [9.17, 15) is 14.4 Å². The second-order valence-electron chi connectivity index (χ2n) is 4.35. The predicted molar refractivity (Wildman–Crippen MR) is 90.4 cm³/mol. The van der Waals surface area contributed by atoms with E-state index >= 15 is 0 Å². The van der Waals surface area contributed by atoms with Gasteiger partial charge in [-0.1, -0.05) is 11.6 Å². The van der Waals surface area contributed by atoms with E-state index < -0.39 is 11.8 Å². The van der Waals surface area contributed by atoms with Crippen LogP contribution < -0.4 is 5.73 Å². The molecule has 1 aromatic heterocycles. The number of nitrogens with two attached hydrogens (primary N) is 1. The van der Waals surface area contributed by atoms with Crippen molar-refractivity contribution in [1.29, 1.82) is 5.26 Å². The van der Waals surface area contributed by atoms with Gasteiger partial charge < -0.3 is 10.5 Å². The minimum atomic E-state index is -0.501. The number of nitriles is 1. The molecular weight excluding hydrogens is 359 g/mol. The SMILES string of the molecule is CCOC(=O)c1sc(N)c(C#N)c1CSc1ccc(F)c(Cl)c1. The predicted octanol–water partition coefficient (Wildman–Crippen LogP) is 4.46. The number of thiophene rings is 1. The fourth-order valence-corrected chi connectivity index (χ4v) is 4.06. The third kappa shape index (κ3) is 3.96. The molecule has 0 amide bonds. The van der Waals surface area contributed by atoms with Crippen LogP contribution in [0.15, 0.2) is 23.1 Å². The lowest BCUT2D eigenvalue weighted by Gasteiger charge is -2.05. The molecule has 120 valence electrons. The molecule has 1 heterocycles. The standard InChI is InChI=1S/C15H12ClFN2O2S2/c1-2-21-15(20)13-10(9(6-18)14(19)23-13)7-22-8-3-4-12(17)11(16)5-8/h3-5H,2,7,19H2,1H3. The van der Waals surface area contributed by atoms with E-state index in [-0.39, 0.29) is 22.2 Å². The average molecular weight is 371 g/mol. The fraction of sp³-hybridized carbons (Fsp3) is 0.200. The van der Waals surface area contributed by atoms with Crippen LogP contribution in [0.1, 0.15) is 27.7 Å². The van der Waals surface area contributed by atoms with Gasteiger partial charge in [0.1, 0.15) is 21.8 Å². The van der Waals surface area contributed by atoms with Crippen molar-refractivity contribution in [3.8, 4) is 6.07 Å². The van der Waals surface area contributed by atoms with E-state index in [0.717, 1.165) is 16.2 Å². The Kier molecular flexibility index (Phi) is 5.88. The molecule has 0 atom stereocenters. The molecular formula is C15H12ClFN2O2S2. The van der Waals surface area contributed by atoms with E-state index in [4.69, 9.17) is 22.1 Å². The topological polar surface area (TPSA) is 76.1 Å². The van der Waals surface area contributed by atoms with Crippen LogP contribution in [0.2, 0.25) is 5.02 Å². The Morgan fingerprint density at radius 2 is 2.30 bits per heavy atom. The zero-order chi connectivity index (χ0) is 17.0. The number of anilines is 1. The van der Waals surface area contributed by atoms with Crippen molar-refractivity contribution in [1.82, 2.24) is 0 Å². The number of hydrogen-bond acceptors (Lipinski definition) is 6. The van der Waals surface area contributed by atoms with Crippen molar-refractivity contribution >= 4 is 45.7 Å². The lowest BCUT2D eigenvalue weighted by Crippen LogP contribution is -2.05. The molecule has 0 bridgehead atoms. The summed E-state index contributed by atoms with van der Waals surface area (Å²) in [6.45, 7) is 1.94. The summed E-state index contributed by atoms with van der Waals surface area (Å²) in [7, 11) is 0. The number of thioether (sulfide) groups is 1. The van der Waals surface area contributed by atoms with Gasteiger partial charge in [0.15, 0.2) is 0 Å². The smallest absolute Gasteiger partial charge is 0.348 e.